The summed E-state index contributed by atoms with van der Waals surface area (Å²) in [4.78, 5) is 42.1. The van der Waals surface area contributed by atoms with Gasteiger partial charge in [-0.15, -0.1) is 5.06 Å². The standard InChI is InChI=1S/C32H47N9O7/c1-31(2)32(3,4)41(47)29(40(31)46)21-9-13-23(14-10-21)48-19-26(43)36-16-17-37-28(45)25(18-20-7-11-22(42)12-8-20)39-27(44)24(33)6-5-15-38-30(34)35/h7-14,24-25,42,46H,5-6,15-19,33H2,1-4H3,(H,36,43)(H,37,45)(H,39,44)(H4,34,35,38)/t24-,25-/m0/s1. The molecule has 0 saturated carbocycles. The molecule has 0 spiro atoms. The van der Waals surface area contributed by atoms with Crippen LogP contribution < -0.4 is 37.9 Å². The summed E-state index contributed by atoms with van der Waals surface area (Å²) in [6.07, 6.45) is 0.898. The lowest BCUT2D eigenvalue weighted by molar-refractivity contribution is -0.539. The Kier molecular flexibility index (Phi) is 12.6. The third-order valence-corrected chi connectivity index (χ3v) is 8.47. The Morgan fingerprint density at radius 3 is 2.21 bits per heavy atom. The number of carbonyl (C=O) groups is 3. The summed E-state index contributed by atoms with van der Waals surface area (Å²) in [6, 6.07) is 10.8. The van der Waals surface area contributed by atoms with Gasteiger partial charge in [-0.05, 0) is 82.5 Å². The molecule has 2 aromatic rings. The van der Waals surface area contributed by atoms with Crippen LogP contribution in [0.1, 0.15) is 51.7 Å². The zero-order chi connectivity index (χ0) is 35.6. The van der Waals surface area contributed by atoms with Crippen LogP contribution in [0.3, 0.4) is 0 Å². The molecule has 0 aromatic heterocycles. The van der Waals surface area contributed by atoms with Gasteiger partial charge in [-0.1, -0.05) is 12.1 Å². The van der Waals surface area contributed by atoms with Crippen LogP contribution >= 0.6 is 0 Å². The number of ether oxygens (including phenoxy) is 1. The van der Waals surface area contributed by atoms with Crippen molar-refractivity contribution in [3.05, 3.63) is 64.9 Å². The lowest BCUT2D eigenvalue weighted by atomic mass is 9.84. The number of rotatable bonds is 16. The molecule has 16 heteroatoms. The molecule has 0 fully saturated rings. The maximum Gasteiger partial charge on any atom is 0.313 e. The number of hydrogen-bond acceptors (Lipinski definition) is 10. The summed E-state index contributed by atoms with van der Waals surface area (Å²) < 4.78 is 6.34. The van der Waals surface area contributed by atoms with Gasteiger partial charge in [0.05, 0.1) is 11.6 Å². The lowest BCUT2D eigenvalue weighted by Gasteiger charge is -2.33. The molecule has 2 atom stereocenters. The fraction of sp³-hybridized carbons (Fsp3) is 0.469. The second kappa shape index (κ2) is 16.1. The van der Waals surface area contributed by atoms with Crippen molar-refractivity contribution >= 4 is 29.5 Å². The minimum absolute atomic E-state index is 0.0563. The van der Waals surface area contributed by atoms with E-state index in [9.17, 15) is 29.9 Å². The predicted molar refractivity (Wildman–Crippen MR) is 179 cm³/mol. The number of nitrogens with zero attached hydrogens (tertiary/aromatic N) is 3. The lowest BCUT2D eigenvalue weighted by Crippen LogP contribution is -2.53. The van der Waals surface area contributed by atoms with Crippen molar-refractivity contribution < 1.29 is 34.2 Å². The van der Waals surface area contributed by atoms with Crippen LogP contribution in [0.15, 0.2) is 53.5 Å². The molecular weight excluding hydrogens is 622 g/mol. The summed E-state index contributed by atoms with van der Waals surface area (Å²) in [6.45, 7) is 7.23. The van der Waals surface area contributed by atoms with E-state index in [4.69, 9.17) is 21.9 Å². The van der Waals surface area contributed by atoms with Gasteiger partial charge >= 0.3 is 5.84 Å². The van der Waals surface area contributed by atoms with Crippen molar-refractivity contribution in [2.45, 2.75) is 70.1 Å². The average Bonchev–Trinajstić information content (AvgIpc) is 3.16. The van der Waals surface area contributed by atoms with Crippen LogP contribution in [0.25, 0.3) is 0 Å². The maximum absolute atomic E-state index is 13.1. The Balaban J connectivity index is 1.48. The third kappa shape index (κ3) is 9.48. The first-order chi connectivity index (χ1) is 22.5. The minimum Gasteiger partial charge on any atom is -0.714 e. The van der Waals surface area contributed by atoms with E-state index in [1.807, 2.05) is 0 Å². The van der Waals surface area contributed by atoms with Crippen LogP contribution in [0.2, 0.25) is 0 Å². The molecule has 0 saturated heterocycles. The monoisotopic (exact) mass is 669 g/mol. The number of nitrogens with one attached hydrogen (secondary N) is 3. The number of aliphatic imine (C=N–C) groups is 1. The summed E-state index contributed by atoms with van der Waals surface area (Å²) in [5.41, 5.74) is 16.1. The number of benzene rings is 2. The van der Waals surface area contributed by atoms with Crippen LogP contribution in [0, 0.1) is 5.21 Å². The van der Waals surface area contributed by atoms with Gasteiger partial charge in [-0.25, -0.2) is 5.21 Å². The van der Waals surface area contributed by atoms with Crippen LogP contribution in [-0.4, -0.2) is 99.0 Å². The molecular formula is C32H47N9O7. The van der Waals surface area contributed by atoms with Crippen molar-refractivity contribution in [3.8, 4) is 11.5 Å². The van der Waals surface area contributed by atoms with Crippen molar-refractivity contribution in [2.75, 3.05) is 26.2 Å². The first-order valence-electron chi connectivity index (χ1n) is 15.5. The van der Waals surface area contributed by atoms with E-state index in [-0.39, 0.29) is 43.7 Å². The molecule has 48 heavy (non-hydrogen) atoms. The van der Waals surface area contributed by atoms with Gasteiger partial charge in [0, 0.05) is 26.1 Å². The van der Waals surface area contributed by atoms with E-state index in [1.165, 1.54) is 12.1 Å². The molecule has 11 N–H and O–H groups in total. The second-order valence-electron chi connectivity index (χ2n) is 12.5. The summed E-state index contributed by atoms with van der Waals surface area (Å²) in [5, 5.41) is 42.2. The molecule has 0 bridgehead atoms. The molecule has 1 aliphatic heterocycles. The van der Waals surface area contributed by atoms with Crippen LogP contribution in [0.4, 0.5) is 0 Å². The number of guanidine groups is 1. The summed E-state index contributed by atoms with van der Waals surface area (Å²) in [7, 11) is 0. The number of amidine groups is 1. The van der Waals surface area contributed by atoms with Gasteiger partial charge in [-0.3, -0.25) is 24.1 Å². The van der Waals surface area contributed by atoms with E-state index in [1.54, 1.807) is 64.1 Å². The average molecular weight is 670 g/mol. The van der Waals surface area contributed by atoms with Crippen molar-refractivity contribution in [1.29, 1.82) is 0 Å². The number of amides is 3. The zero-order valence-electron chi connectivity index (χ0n) is 27.7. The second-order valence-corrected chi connectivity index (χ2v) is 12.5. The number of aromatic hydroxyl groups is 1. The first-order valence-corrected chi connectivity index (χ1v) is 15.5. The molecule has 0 radical (unpaired) electrons. The Morgan fingerprint density at radius 2 is 1.62 bits per heavy atom. The number of nitrogens with two attached hydrogens (primary N) is 3. The molecule has 1 heterocycles. The molecule has 262 valence electrons. The van der Waals surface area contributed by atoms with E-state index >= 15 is 0 Å². The van der Waals surface area contributed by atoms with Gasteiger partial charge in [0.25, 0.3) is 5.91 Å². The largest absolute Gasteiger partial charge is 0.714 e. The van der Waals surface area contributed by atoms with E-state index in [2.05, 4.69) is 20.9 Å². The highest BCUT2D eigenvalue weighted by molar-refractivity contribution is 5.96. The van der Waals surface area contributed by atoms with Gasteiger partial charge in [0.2, 0.25) is 11.8 Å². The van der Waals surface area contributed by atoms with Gasteiger partial charge in [-0.2, -0.15) is 0 Å². The fourth-order valence-corrected chi connectivity index (χ4v) is 4.78. The highest BCUT2D eigenvalue weighted by atomic mass is 16.5. The van der Waals surface area contributed by atoms with Crippen molar-refractivity contribution in [1.82, 2.24) is 21.0 Å². The summed E-state index contributed by atoms with van der Waals surface area (Å²) in [5.74, 6) is -0.945. The quantitative estimate of drug-likeness (QED) is 0.0376. The number of hydrogen-bond donors (Lipinski definition) is 8. The van der Waals surface area contributed by atoms with E-state index in [0.29, 0.717) is 36.3 Å². The number of carbonyl (C=O) groups excluding carboxylic acids is 3. The number of hydroxylamine groups is 3. The van der Waals surface area contributed by atoms with Gasteiger partial charge in [0.1, 0.15) is 23.1 Å². The SMILES string of the molecule is CC1(C)N(O)C(c2ccc(OCC(=O)NCCNC(=O)[C@H](Cc3ccc(O)cc3)NC(=O)[C@@H](N)CCCN=C(N)N)cc2)=[N+]([O-])C1(C)C. The Hall–Kier alpha value is -5.09. The highest BCUT2D eigenvalue weighted by Gasteiger charge is 2.58. The minimum atomic E-state index is -0.973. The number of phenols is 1. The number of phenolic OH excluding ortho intramolecular Hbond substituents is 1. The van der Waals surface area contributed by atoms with Crippen LogP contribution in [0.5, 0.6) is 11.5 Å². The van der Waals surface area contributed by atoms with Crippen molar-refractivity contribution in [3.63, 3.8) is 0 Å². The molecule has 3 rings (SSSR count). The topological polar surface area (TPSA) is 257 Å². The molecule has 16 nitrogen and oxygen atoms in total. The molecule has 1 aliphatic rings. The van der Waals surface area contributed by atoms with Gasteiger partial charge in [0.15, 0.2) is 18.1 Å². The van der Waals surface area contributed by atoms with E-state index in [0.717, 1.165) is 9.80 Å². The zero-order valence-corrected chi connectivity index (χ0v) is 27.7. The highest BCUT2D eigenvalue weighted by Crippen LogP contribution is 2.37. The smallest absolute Gasteiger partial charge is 0.313 e. The van der Waals surface area contributed by atoms with Crippen molar-refractivity contribution in [2.24, 2.45) is 22.2 Å². The molecule has 0 aliphatic carbocycles. The Bertz CT molecular complexity index is 1490. The predicted octanol–water partition coefficient (Wildman–Crippen LogP) is -0.369. The normalized spacial score (nSPS) is 16.1. The molecule has 3 amide bonds. The molecule has 2 aromatic carbocycles. The Labute approximate surface area is 279 Å². The first kappa shape index (κ1) is 37.4. The fourth-order valence-electron chi connectivity index (χ4n) is 4.78. The third-order valence-electron chi connectivity index (χ3n) is 8.47. The van der Waals surface area contributed by atoms with E-state index < -0.39 is 40.9 Å². The summed E-state index contributed by atoms with van der Waals surface area (Å²) >= 11 is 0. The molecule has 0 unspecified atom stereocenters. The Morgan fingerprint density at radius 1 is 1.00 bits per heavy atom. The van der Waals surface area contributed by atoms with Gasteiger partial charge < -0.3 is 48.2 Å². The van der Waals surface area contributed by atoms with Crippen LogP contribution in [-0.2, 0) is 20.8 Å². The maximum atomic E-state index is 13.1.